The van der Waals surface area contributed by atoms with Crippen molar-refractivity contribution in [3.8, 4) is 0 Å². The number of anilines is 1. The topological polar surface area (TPSA) is 75.0 Å². The number of halogens is 1. The Morgan fingerprint density at radius 3 is 2.86 bits per heavy atom. The van der Waals surface area contributed by atoms with Gasteiger partial charge in [-0.3, -0.25) is 4.79 Å². The summed E-state index contributed by atoms with van der Waals surface area (Å²) in [7, 11) is 0. The number of benzene rings is 2. The third-order valence-corrected chi connectivity index (χ3v) is 5.13. The molecule has 0 saturated carbocycles. The lowest BCUT2D eigenvalue weighted by atomic mass is 10.1. The second-order valence-electron chi connectivity index (χ2n) is 6.96. The van der Waals surface area contributed by atoms with Gasteiger partial charge in [-0.1, -0.05) is 23.4 Å². The molecule has 5 rings (SSSR count). The standard InChI is InChI=1S/C21H17FN4O2/c22-15-5-7-16(8-6-15)26-12-14(10-20(26)27)21-24-19(28-25-21)9-13-11-23-18-4-2-1-3-17(13)18/h1-8,11,14,23H,9-10,12H2. The number of rotatable bonds is 4. The van der Waals surface area contributed by atoms with Gasteiger partial charge >= 0.3 is 0 Å². The summed E-state index contributed by atoms with van der Waals surface area (Å²) in [5, 5.41) is 5.23. The summed E-state index contributed by atoms with van der Waals surface area (Å²) in [6.45, 7) is 0.455. The number of aromatic amines is 1. The maximum atomic E-state index is 13.1. The molecule has 0 radical (unpaired) electrons. The molecule has 1 aliphatic heterocycles. The van der Waals surface area contributed by atoms with Crippen LogP contribution in [0, 0.1) is 5.82 Å². The van der Waals surface area contributed by atoms with Crippen molar-refractivity contribution < 1.29 is 13.7 Å². The highest BCUT2D eigenvalue weighted by atomic mass is 19.1. The van der Waals surface area contributed by atoms with E-state index in [0.29, 0.717) is 36.8 Å². The Bertz CT molecular complexity index is 1150. The van der Waals surface area contributed by atoms with Gasteiger partial charge in [0.15, 0.2) is 5.82 Å². The number of H-pyrrole nitrogens is 1. The van der Waals surface area contributed by atoms with Crippen molar-refractivity contribution in [1.82, 2.24) is 15.1 Å². The summed E-state index contributed by atoms with van der Waals surface area (Å²) < 4.78 is 18.6. The maximum Gasteiger partial charge on any atom is 0.231 e. The molecule has 28 heavy (non-hydrogen) atoms. The summed E-state index contributed by atoms with van der Waals surface area (Å²) in [5.74, 6) is 0.560. The van der Waals surface area contributed by atoms with E-state index in [1.54, 1.807) is 17.0 Å². The molecule has 0 spiro atoms. The van der Waals surface area contributed by atoms with E-state index in [9.17, 15) is 9.18 Å². The Balaban J connectivity index is 1.33. The molecule has 0 bridgehead atoms. The molecule has 1 amide bonds. The van der Waals surface area contributed by atoms with Crippen molar-refractivity contribution in [1.29, 1.82) is 0 Å². The van der Waals surface area contributed by atoms with E-state index in [1.807, 2.05) is 24.4 Å². The minimum atomic E-state index is -0.327. The van der Waals surface area contributed by atoms with E-state index in [-0.39, 0.29) is 17.6 Å². The van der Waals surface area contributed by atoms with Gasteiger partial charge in [-0.25, -0.2) is 4.39 Å². The van der Waals surface area contributed by atoms with Crippen LogP contribution in [0.5, 0.6) is 0 Å². The van der Waals surface area contributed by atoms with Crippen LogP contribution in [0.25, 0.3) is 10.9 Å². The first-order valence-electron chi connectivity index (χ1n) is 9.11. The van der Waals surface area contributed by atoms with Crippen LogP contribution in [0.2, 0.25) is 0 Å². The normalized spacial score (nSPS) is 17.0. The third kappa shape index (κ3) is 2.94. The van der Waals surface area contributed by atoms with Crippen LogP contribution in [0.15, 0.2) is 59.3 Å². The smallest absolute Gasteiger partial charge is 0.231 e. The Kier molecular flexibility index (Phi) is 3.93. The zero-order chi connectivity index (χ0) is 19.1. The molecule has 1 saturated heterocycles. The number of aromatic nitrogens is 3. The molecule has 3 heterocycles. The number of nitrogens with one attached hydrogen (secondary N) is 1. The summed E-state index contributed by atoms with van der Waals surface area (Å²) >= 11 is 0. The van der Waals surface area contributed by atoms with Gasteiger partial charge in [0.1, 0.15) is 5.82 Å². The van der Waals surface area contributed by atoms with Crippen molar-refractivity contribution in [2.45, 2.75) is 18.8 Å². The fourth-order valence-corrected chi connectivity index (χ4v) is 3.70. The third-order valence-electron chi connectivity index (χ3n) is 5.13. The van der Waals surface area contributed by atoms with Crippen molar-refractivity contribution in [3.63, 3.8) is 0 Å². The molecule has 0 aliphatic carbocycles. The first-order chi connectivity index (χ1) is 13.7. The molecule has 140 valence electrons. The fourth-order valence-electron chi connectivity index (χ4n) is 3.70. The van der Waals surface area contributed by atoms with Gasteiger partial charge in [-0.05, 0) is 35.9 Å². The average molecular weight is 376 g/mol. The average Bonchev–Trinajstić information content (AvgIpc) is 3.42. The van der Waals surface area contributed by atoms with E-state index in [4.69, 9.17) is 4.52 Å². The molecule has 1 N–H and O–H groups in total. The van der Waals surface area contributed by atoms with Crippen LogP contribution in [-0.2, 0) is 11.2 Å². The number of hydrogen-bond acceptors (Lipinski definition) is 4. The molecular formula is C21H17FN4O2. The van der Waals surface area contributed by atoms with E-state index >= 15 is 0 Å². The molecule has 7 heteroatoms. The zero-order valence-electron chi connectivity index (χ0n) is 14.9. The van der Waals surface area contributed by atoms with Crippen LogP contribution >= 0.6 is 0 Å². The number of para-hydroxylation sites is 1. The van der Waals surface area contributed by atoms with Gasteiger partial charge < -0.3 is 14.4 Å². The molecule has 1 fully saturated rings. The van der Waals surface area contributed by atoms with Crippen molar-refractivity contribution in [2.75, 3.05) is 11.4 Å². The lowest BCUT2D eigenvalue weighted by molar-refractivity contribution is -0.117. The molecule has 1 unspecified atom stereocenters. The first kappa shape index (κ1) is 16.7. The monoisotopic (exact) mass is 376 g/mol. The van der Waals surface area contributed by atoms with E-state index in [0.717, 1.165) is 16.5 Å². The lowest BCUT2D eigenvalue weighted by Gasteiger charge is -2.15. The molecule has 4 aromatic rings. The molecule has 2 aromatic heterocycles. The van der Waals surface area contributed by atoms with Crippen molar-refractivity contribution in [3.05, 3.63) is 77.8 Å². The van der Waals surface area contributed by atoms with Gasteiger partial charge in [0.05, 0.1) is 6.42 Å². The van der Waals surface area contributed by atoms with Crippen LogP contribution in [0.1, 0.15) is 29.6 Å². The maximum absolute atomic E-state index is 13.1. The van der Waals surface area contributed by atoms with Gasteiger partial charge in [0.2, 0.25) is 11.8 Å². The number of fused-ring (bicyclic) bond motifs is 1. The first-order valence-corrected chi connectivity index (χ1v) is 9.11. The van der Waals surface area contributed by atoms with Crippen molar-refractivity contribution in [2.24, 2.45) is 0 Å². The van der Waals surface area contributed by atoms with Crippen molar-refractivity contribution >= 4 is 22.5 Å². The van der Waals surface area contributed by atoms with Crippen LogP contribution in [0.3, 0.4) is 0 Å². The van der Waals surface area contributed by atoms with E-state index < -0.39 is 0 Å². The highest BCUT2D eigenvalue weighted by molar-refractivity contribution is 5.96. The number of carbonyl (C=O) groups excluding carboxylic acids is 1. The molecular weight excluding hydrogens is 359 g/mol. The lowest BCUT2D eigenvalue weighted by Crippen LogP contribution is -2.24. The van der Waals surface area contributed by atoms with Gasteiger partial charge in [0.25, 0.3) is 0 Å². The second-order valence-corrected chi connectivity index (χ2v) is 6.96. The molecule has 2 aromatic carbocycles. The largest absolute Gasteiger partial charge is 0.361 e. The quantitative estimate of drug-likeness (QED) is 0.588. The number of carbonyl (C=O) groups is 1. The minimum absolute atomic E-state index is 0.0282. The molecule has 1 atom stereocenters. The number of amides is 1. The Morgan fingerprint density at radius 1 is 1.18 bits per heavy atom. The summed E-state index contributed by atoms with van der Waals surface area (Å²) in [6, 6.07) is 14.0. The van der Waals surface area contributed by atoms with Crippen LogP contribution in [-0.4, -0.2) is 27.6 Å². The Hall–Kier alpha value is -3.48. The van der Waals surface area contributed by atoms with E-state index in [2.05, 4.69) is 21.2 Å². The summed E-state index contributed by atoms with van der Waals surface area (Å²) in [5.41, 5.74) is 2.83. The predicted octanol–water partition coefficient (Wildman–Crippen LogP) is 3.80. The Labute approximate surface area is 160 Å². The van der Waals surface area contributed by atoms with E-state index in [1.165, 1.54) is 12.1 Å². The Morgan fingerprint density at radius 2 is 2.00 bits per heavy atom. The van der Waals surface area contributed by atoms with Crippen LogP contribution in [0.4, 0.5) is 10.1 Å². The highest BCUT2D eigenvalue weighted by Gasteiger charge is 2.34. The SMILES string of the molecule is O=C1CC(c2noc(Cc3c[nH]c4ccccc34)n2)CN1c1ccc(F)cc1. The van der Waals surface area contributed by atoms with Gasteiger partial charge in [0, 0.05) is 41.7 Å². The number of hydrogen-bond donors (Lipinski definition) is 1. The summed E-state index contributed by atoms with van der Waals surface area (Å²) in [4.78, 5) is 21.8. The molecule has 6 nitrogen and oxygen atoms in total. The minimum Gasteiger partial charge on any atom is -0.361 e. The predicted molar refractivity (Wildman–Crippen MR) is 102 cm³/mol. The summed E-state index contributed by atoms with van der Waals surface area (Å²) in [6.07, 6.45) is 2.78. The number of nitrogens with zero attached hydrogens (tertiary/aromatic N) is 3. The molecule has 1 aliphatic rings. The van der Waals surface area contributed by atoms with Crippen LogP contribution < -0.4 is 4.90 Å². The fraction of sp³-hybridized carbons (Fsp3) is 0.190. The van der Waals surface area contributed by atoms with Gasteiger partial charge in [-0.2, -0.15) is 4.98 Å². The van der Waals surface area contributed by atoms with Gasteiger partial charge in [-0.15, -0.1) is 0 Å². The highest BCUT2D eigenvalue weighted by Crippen LogP contribution is 2.31. The zero-order valence-corrected chi connectivity index (χ0v) is 14.9. The second kappa shape index (κ2) is 6.60.